The monoisotopic (exact) mass is 463 g/mol. The molecule has 1 fully saturated rings. The Morgan fingerprint density at radius 1 is 1.20 bits per heavy atom. The molecule has 6 nitrogen and oxygen atoms in total. The number of hydrogen-bond acceptors (Lipinski definition) is 4. The van der Waals surface area contributed by atoms with Crippen molar-refractivity contribution in [3.8, 4) is 18.1 Å². The summed E-state index contributed by atoms with van der Waals surface area (Å²) in [5.74, 6) is -0.839. The standard InChI is InChI=1S/C20H21Cl2F2NO5/c1-6-14(26)25(11-7-12(21)15(13(22)8-11)29-17(23)24)20(16(27)28)9-18(2,3)30-19(4,5)10-20/h1,7-8,17H,9-10H2,2-5H3,(H,27,28). The number of rotatable bonds is 5. The average Bonchev–Trinajstić information content (AvgIpc) is 2.55. The van der Waals surface area contributed by atoms with E-state index in [1.54, 1.807) is 27.7 Å². The lowest BCUT2D eigenvalue weighted by atomic mass is 9.73. The van der Waals surface area contributed by atoms with Crippen molar-refractivity contribution < 1.29 is 33.0 Å². The summed E-state index contributed by atoms with van der Waals surface area (Å²) in [5.41, 5.74) is -3.74. The van der Waals surface area contributed by atoms with Crippen LogP contribution in [0.25, 0.3) is 0 Å². The largest absolute Gasteiger partial charge is 0.479 e. The van der Waals surface area contributed by atoms with Crippen molar-refractivity contribution in [3.05, 3.63) is 22.2 Å². The number of carbonyl (C=O) groups excluding carboxylic acids is 1. The molecule has 1 N–H and O–H groups in total. The maximum atomic E-state index is 12.8. The summed E-state index contributed by atoms with van der Waals surface area (Å²) >= 11 is 12.1. The number of nitrogens with zero attached hydrogens (tertiary/aromatic N) is 1. The highest BCUT2D eigenvalue weighted by atomic mass is 35.5. The molecular formula is C20H21Cl2F2NO5. The van der Waals surface area contributed by atoms with Gasteiger partial charge in [-0.25, -0.2) is 4.79 Å². The van der Waals surface area contributed by atoms with Gasteiger partial charge >= 0.3 is 18.5 Å². The topological polar surface area (TPSA) is 76.1 Å². The quantitative estimate of drug-likeness (QED) is 0.637. The molecule has 164 valence electrons. The van der Waals surface area contributed by atoms with Crippen LogP contribution < -0.4 is 9.64 Å². The third kappa shape index (κ3) is 4.80. The van der Waals surface area contributed by atoms with Crippen molar-refractivity contribution >= 4 is 40.8 Å². The Labute approximate surface area is 183 Å². The van der Waals surface area contributed by atoms with Gasteiger partial charge in [-0.2, -0.15) is 8.78 Å². The molecule has 0 bridgehead atoms. The van der Waals surface area contributed by atoms with E-state index in [9.17, 15) is 23.5 Å². The first-order chi connectivity index (χ1) is 13.6. The molecule has 1 aromatic carbocycles. The van der Waals surface area contributed by atoms with Gasteiger partial charge in [0.2, 0.25) is 0 Å². The van der Waals surface area contributed by atoms with Crippen molar-refractivity contribution in [2.75, 3.05) is 4.90 Å². The van der Waals surface area contributed by atoms with Gasteiger partial charge in [0.15, 0.2) is 11.3 Å². The van der Waals surface area contributed by atoms with Crippen LogP contribution in [0.2, 0.25) is 10.0 Å². The zero-order valence-electron chi connectivity index (χ0n) is 16.8. The van der Waals surface area contributed by atoms with Crippen molar-refractivity contribution in [3.63, 3.8) is 0 Å². The number of amides is 1. The summed E-state index contributed by atoms with van der Waals surface area (Å²) in [5, 5.41) is 9.56. The number of aliphatic carboxylic acids is 1. The summed E-state index contributed by atoms with van der Waals surface area (Å²) in [4.78, 5) is 26.2. The molecule has 1 aliphatic rings. The molecule has 0 spiro atoms. The first kappa shape index (κ1) is 24.2. The molecule has 0 unspecified atom stereocenters. The Hall–Kier alpha value is -2.08. The molecule has 1 aliphatic heterocycles. The van der Waals surface area contributed by atoms with E-state index in [4.69, 9.17) is 34.4 Å². The van der Waals surface area contributed by atoms with Gasteiger partial charge in [0.25, 0.3) is 0 Å². The van der Waals surface area contributed by atoms with Gasteiger partial charge in [-0.3, -0.25) is 9.69 Å². The highest BCUT2D eigenvalue weighted by molar-refractivity contribution is 6.37. The molecule has 0 aromatic heterocycles. The number of alkyl halides is 2. The number of terminal acetylenes is 1. The number of carbonyl (C=O) groups is 2. The Balaban J connectivity index is 2.74. The number of hydrogen-bond donors (Lipinski definition) is 1. The second-order valence-electron chi connectivity index (χ2n) is 8.21. The number of carboxylic acids is 1. The Kier molecular flexibility index (Phi) is 6.62. The number of anilines is 1. The molecule has 0 atom stereocenters. The Morgan fingerprint density at radius 2 is 1.67 bits per heavy atom. The SMILES string of the molecule is C#CC(=O)N(c1cc(Cl)c(OC(F)F)c(Cl)c1)C1(C(=O)O)CC(C)(C)OC(C)(C)C1. The van der Waals surface area contributed by atoms with Crippen LogP contribution in [0.15, 0.2) is 12.1 Å². The third-order valence-corrected chi connectivity index (χ3v) is 5.15. The fourth-order valence-corrected chi connectivity index (χ4v) is 4.76. The molecule has 2 rings (SSSR count). The highest BCUT2D eigenvalue weighted by Crippen LogP contribution is 2.47. The van der Waals surface area contributed by atoms with Crippen LogP contribution in [-0.4, -0.2) is 40.3 Å². The summed E-state index contributed by atoms with van der Waals surface area (Å²) in [6.45, 7) is 3.61. The number of benzene rings is 1. The first-order valence-corrected chi connectivity index (χ1v) is 9.58. The van der Waals surface area contributed by atoms with Crippen molar-refractivity contribution in [1.82, 2.24) is 0 Å². The smallest absolute Gasteiger partial charge is 0.387 e. The Morgan fingerprint density at radius 3 is 2.03 bits per heavy atom. The summed E-state index contributed by atoms with van der Waals surface area (Å²) in [7, 11) is 0. The molecule has 1 aromatic rings. The minimum atomic E-state index is -3.18. The van der Waals surface area contributed by atoms with Gasteiger partial charge in [0, 0.05) is 18.5 Å². The van der Waals surface area contributed by atoms with Crippen molar-refractivity contribution in [1.29, 1.82) is 0 Å². The fraction of sp³-hybridized carbons (Fsp3) is 0.500. The molecule has 30 heavy (non-hydrogen) atoms. The summed E-state index contributed by atoms with van der Waals surface area (Å²) in [6, 6.07) is 2.22. The van der Waals surface area contributed by atoms with E-state index in [0.29, 0.717) is 0 Å². The van der Waals surface area contributed by atoms with Gasteiger partial charge in [-0.15, -0.1) is 6.42 Å². The zero-order valence-corrected chi connectivity index (χ0v) is 18.3. The van der Waals surface area contributed by atoms with E-state index in [1.165, 1.54) is 0 Å². The normalized spacial score (nSPS) is 19.1. The lowest BCUT2D eigenvalue weighted by molar-refractivity contribution is -0.191. The predicted octanol–water partition coefficient (Wildman–Crippen LogP) is 4.75. The summed E-state index contributed by atoms with van der Waals surface area (Å²) in [6.07, 6.45) is 5.13. The van der Waals surface area contributed by atoms with Crippen LogP contribution in [0.3, 0.4) is 0 Å². The van der Waals surface area contributed by atoms with Gasteiger partial charge in [0.05, 0.1) is 21.2 Å². The van der Waals surface area contributed by atoms with E-state index in [1.807, 2.05) is 5.92 Å². The minimum Gasteiger partial charge on any atom is -0.479 e. The second-order valence-corrected chi connectivity index (χ2v) is 9.03. The van der Waals surface area contributed by atoms with E-state index >= 15 is 0 Å². The lowest BCUT2D eigenvalue weighted by Crippen LogP contribution is -2.67. The van der Waals surface area contributed by atoms with Crippen LogP contribution in [0, 0.1) is 12.3 Å². The number of ether oxygens (including phenoxy) is 2. The second kappa shape index (κ2) is 8.22. The van der Waals surface area contributed by atoms with Gasteiger partial charge in [-0.1, -0.05) is 23.2 Å². The van der Waals surface area contributed by atoms with Crippen LogP contribution in [0.4, 0.5) is 14.5 Å². The van der Waals surface area contributed by atoms with Gasteiger partial charge in [-0.05, 0) is 45.7 Å². The predicted molar refractivity (Wildman–Crippen MR) is 108 cm³/mol. The van der Waals surface area contributed by atoms with Crippen LogP contribution in [-0.2, 0) is 14.3 Å². The molecular weight excluding hydrogens is 443 g/mol. The van der Waals surface area contributed by atoms with E-state index in [2.05, 4.69) is 4.74 Å². The molecule has 1 saturated heterocycles. The van der Waals surface area contributed by atoms with E-state index < -0.39 is 41.0 Å². The van der Waals surface area contributed by atoms with E-state index in [0.717, 1.165) is 17.0 Å². The van der Waals surface area contributed by atoms with E-state index in [-0.39, 0.29) is 28.6 Å². The van der Waals surface area contributed by atoms with Crippen LogP contribution in [0.5, 0.6) is 5.75 Å². The number of carboxylic acid groups (broad SMARTS) is 1. The fourth-order valence-electron chi connectivity index (χ4n) is 4.20. The zero-order chi connectivity index (χ0) is 23.1. The molecule has 10 heteroatoms. The van der Waals surface area contributed by atoms with Crippen LogP contribution in [0.1, 0.15) is 40.5 Å². The first-order valence-electron chi connectivity index (χ1n) is 8.82. The average molecular weight is 464 g/mol. The molecule has 0 saturated carbocycles. The van der Waals surface area contributed by atoms with Gasteiger partial charge in [0.1, 0.15) is 0 Å². The Bertz CT molecular complexity index is 872. The van der Waals surface area contributed by atoms with Crippen LogP contribution >= 0.6 is 23.2 Å². The minimum absolute atomic E-state index is 0.0644. The van der Waals surface area contributed by atoms with Gasteiger partial charge < -0.3 is 14.6 Å². The van der Waals surface area contributed by atoms with Crippen molar-refractivity contribution in [2.45, 2.75) is 63.9 Å². The van der Waals surface area contributed by atoms with Crippen molar-refractivity contribution in [2.24, 2.45) is 0 Å². The highest BCUT2D eigenvalue weighted by Gasteiger charge is 2.58. The molecule has 1 amide bonds. The molecule has 0 aliphatic carbocycles. The number of halogens is 4. The summed E-state index contributed by atoms with van der Waals surface area (Å²) < 4.78 is 35.5. The maximum Gasteiger partial charge on any atom is 0.387 e. The third-order valence-electron chi connectivity index (χ3n) is 4.59. The molecule has 1 heterocycles. The molecule has 0 radical (unpaired) electrons. The lowest BCUT2D eigenvalue weighted by Gasteiger charge is -2.53. The maximum absolute atomic E-state index is 12.8.